The van der Waals surface area contributed by atoms with Crippen LogP contribution in [0.4, 0.5) is 49.1 Å². The van der Waals surface area contributed by atoms with Crippen LogP contribution in [0.3, 0.4) is 0 Å². The number of aromatic nitrogens is 18. The number of alkyl halides is 3. The Labute approximate surface area is 703 Å². The molecule has 3 aliphatic rings. The number of carbonyl (C=O) groups is 4. The number of amides is 4. The van der Waals surface area contributed by atoms with Crippen LogP contribution in [0.5, 0.6) is 17.2 Å². The van der Waals surface area contributed by atoms with E-state index in [0.29, 0.717) is 79.9 Å². The summed E-state index contributed by atoms with van der Waals surface area (Å²) in [6.45, 7) is 12.5. The van der Waals surface area contributed by atoms with E-state index in [2.05, 4.69) is 156 Å². The summed E-state index contributed by atoms with van der Waals surface area (Å²) in [5, 5.41) is 37.8. The van der Waals surface area contributed by atoms with Crippen LogP contribution in [0.15, 0.2) is 177 Å². The van der Waals surface area contributed by atoms with Crippen molar-refractivity contribution in [2.45, 2.75) is 26.0 Å². The largest absolute Gasteiger partial charge is 0.573 e. The number of H-pyrrole nitrogens is 8. The van der Waals surface area contributed by atoms with Crippen molar-refractivity contribution in [1.29, 1.82) is 0 Å². The highest BCUT2D eigenvalue weighted by atomic mass is 19.4. The van der Waals surface area contributed by atoms with Crippen LogP contribution in [0.25, 0.3) is 90.3 Å². The Kier molecular flexibility index (Phi) is 25.4. The summed E-state index contributed by atoms with van der Waals surface area (Å²) >= 11 is 0. The third-order valence-electron chi connectivity index (χ3n) is 20.1. The van der Waals surface area contributed by atoms with E-state index in [4.69, 9.17) is 23.7 Å². The van der Waals surface area contributed by atoms with Crippen LogP contribution in [-0.4, -0.2) is 228 Å². The lowest BCUT2D eigenvalue weighted by atomic mass is 10.1. The van der Waals surface area contributed by atoms with Crippen molar-refractivity contribution in [3.05, 3.63) is 233 Å². The highest BCUT2D eigenvalue weighted by molar-refractivity contribution is 6.10. The highest BCUT2D eigenvalue weighted by Gasteiger charge is 2.34. The Hall–Kier alpha value is -15.0. The molecule has 0 radical (unpaired) electrons. The van der Waals surface area contributed by atoms with E-state index < -0.39 is 52.8 Å². The van der Waals surface area contributed by atoms with Gasteiger partial charge >= 0.3 is 6.36 Å². The average molecular weight is 1710 g/mol. The number of halogens is 6. The first kappa shape index (κ1) is 83.6. The SMILES string of the molecule is COc1cccc(F)c1C(=O)Nc1cn[nH]c1-c1nc2ccc(CN3CCOCC3)cc2[nH]1.COc1ccccc1C(=O)Nc1cn[nH]c1-c1nc2ccc(CN3CCOCC3)cc2[nH]1.O=C(Nc1cn[nH]c1-c1nc2ccc(CN3CCOCC3)cc2[nH]1)c1ccccc1OC(F)(F)F.O=C(Nc1cn[nH]c1-c1nc2ncncc2[nH]1)c1c(F)cccc1F. The van der Waals surface area contributed by atoms with E-state index in [0.717, 1.165) is 155 Å². The molecular weight excluding hydrogens is 1630 g/mol. The average Bonchev–Trinajstić information content (AvgIpc) is 1.64. The second-order valence-corrected chi connectivity index (χ2v) is 28.4. The summed E-state index contributed by atoms with van der Waals surface area (Å²) in [7, 11) is 2.92. The van der Waals surface area contributed by atoms with Gasteiger partial charge in [0.25, 0.3) is 23.6 Å². The molecule has 0 spiro atoms. The summed E-state index contributed by atoms with van der Waals surface area (Å²) < 4.78 is 111. The van der Waals surface area contributed by atoms with Crippen molar-refractivity contribution < 1.29 is 73.9 Å². The van der Waals surface area contributed by atoms with Gasteiger partial charge in [-0.25, -0.2) is 43.1 Å². The Balaban J connectivity index is 0.000000124. The maximum atomic E-state index is 14.3. The number of nitrogens with zero attached hydrogens (tertiary/aromatic N) is 13. The molecule has 0 saturated carbocycles. The lowest BCUT2D eigenvalue weighted by Crippen LogP contribution is -2.35. The van der Waals surface area contributed by atoms with Crippen molar-refractivity contribution in [1.82, 2.24) is 105 Å². The van der Waals surface area contributed by atoms with Crippen LogP contribution in [0.1, 0.15) is 58.1 Å². The van der Waals surface area contributed by atoms with Gasteiger partial charge in [0.15, 0.2) is 28.9 Å². The molecule has 125 heavy (non-hydrogen) atoms. The minimum absolute atomic E-state index is 0.147. The lowest BCUT2D eigenvalue weighted by molar-refractivity contribution is -0.274. The maximum absolute atomic E-state index is 14.3. The first-order chi connectivity index (χ1) is 60.8. The zero-order valence-corrected chi connectivity index (χ0v) is 66.5. The Morgan fingerprint density at radius 1 is 0.408 bits per heavy atom. The molecule has 4 amide bonds. The fourth-order valence-electron chi connectivity index (χ4n) is 14.1. The molecule has 0 atom stereocenters. The minimum Gasteiger partial charge on any atom is -0.496 e. The molecule has 0 bridgehead atoms. The number of benzene rings is 7. The number of aromatic amines is 8. The Morgan fingerprint density at radius 3 is 1.17 bits per heavy atom. The molecule has 3 fully saturated rings. The van der Waals surface area contributed by atoms with Gasteiger partial charge in [0, 0.05) is 58.9 Å². The van der Waals surface area contributed by atoms with Gasteiger partial charge in [-0.2, -0.15) is 20.4 Å². The lowest BCUT2D eigenvalue weighted by Gasteiger charge is -2.26. The molecule has 3 saturated heterocycles. The summed E-state index contributed by atoms with van der Waals surface area (Å²) in [6.07, 6.45) is 3.66. The topological polar surface area (TPSA) is 437 Å². The second-order valence-electron chi connectivity index (χ2n) is 28.4. The summed E-state index contributed by atoms with van der Waals surface area (Å²) in [4.78, 5) is 96.4. The van der Waals surface area contributed by atoms with E-state index in [1.165, 1.54) is 92.7 Å². The van der Waals surface area contributed by atoms with Crippen molar-refractivity contribution in [3.8, 4) is 63.3 Å². The van der Waals surface area contributed by atoms with Gasteiger partial charge in [-0.15, -0.1) is 13.2 Å². The van der Waals surface area contributed by atoms with Gasteiger partial charge in [-0.05, 0) is 102 Å². The minimum atomic E-state index is -4.92. The molecule has 16 aromatic rings. The number of para-hydroxylation sites is 2. The monoisotopic (exact) mass is 1710 g/mol. The molecule has 7 aromatic carbocycles. The van der Waals surface area contributed by atoms with Crippen LogP contribution in [-0.2, 0) is 33.8 Å². The predicted molar refractivity (Wildman–Crippen MR) is 446 cm³/mol. The number of fused-ring (bicyclic) bond motifs is 4. The van der Waals surface area contributed by atoms with Crippen molar-refractivity contribution in [3.63, 3.8) is 0 Å². The summed E-state index contributed by atoms with van der Waals surface area (Å²) in [5.41, 5.74) is 12.0. The molecule has 41 heteroatoms. The first-order valence-corrected chi connectivity index (χ1v) is 39.0. The molecular formula is C84H77F6N25O10. The number of hydrogen-bond donors (Lipinski definition) is 12. The number of ether oxygens (including phenoxy) is 6. The number of hydrogen-bond acceptors (Lipinski definition) is 23. The van der Waals surface area contributed by atoms with Crippen LogP contribution in [0, 0.1) is 17.5 Å². The van der Waals surface area contributed by atoms with E-state index in [9.17, 15) is 45.5 Å². The van der Waals surface area contributed by atoms with Crippen molar-refractivity contribution in [2.75, 3.05) is 114 Å². The van der Waals surface area contributed by atoms with Crippen molar-refractivity contribution >= 4 is 90.6 Å². The van der Waals surface area contributed by atoms with Crippen LogP contribution in [0.2, 0.25) is 0 Å². The Bertz CT molecular complexity index is 6460. The summed E-state index contributed by atoms with van der Waals surface area (Å²) in [5.74, 6) is -3.28. The number of imidazole rings is 4. The van der Waals surface area contributed by atoms with E-state index in [1.54, 1.807) is 30.6 Å². The fraction of sp³-hybridized carbons (Fsp3) is 0.214. The summed E-state index contributed by atoms with van der Waals surface area (Å²) in [6, 6.07) is 37.8. The van der Waals surface area contributed by atoms with E-state index in [1.807, 2.05) is 36.4 Å². The van der Waals surface area contributed by atoms with Gasteiger partial charge in [0.05, 0.1) is 152 Å². The zero-order chi connectivity index (χ0) is 86.5. The molecule has 0 aliphatic carbocycles. The fourth-order valence-corrected chi connectivity index (χ4v) is 14.1. The number of carbonyl (C=O) groups excluding carboxylic acids is 4. The van der Waals surface area contributed by atoms with Gasteiger partial charge in [0.2, 0.25) is 0 Å². The molecule has 0 unspecified atom stereocenters. The number of morpholine rings is 3. The molecule has 640 valence electrons. The van der Waals surface area contributed by atoms with E-state index in [-0.39, 0.29) is 34.2 Å². The molecule has 12 heterocycles. The van der Waals surface area contributed by atoms with Gasteiger partial charge in [-0.3, -0.25) is 54.3 Å². The smallest absolute Gasteiger partial charge is 0.496 e. The van der Waals surface area contributed by atoms with E-state index >= 15 is 0 Å². The maximum Gasteiger partial charge on any atom is 0.573 e. The van der Waals surface area contributed by atoms with Gasteiger partial charge < -0.3 is 69.6 Å². The molecule has 35 nitrogen and oxygen atoms in total. The first-order valence-electron chi connectivity index (χ1n) is 39.0. The van der Waals surface area contributed by atoms with Gasteiger partial charge in [0.1, 0.15) is 80.4 Å². The van der Waals surface area contributed by atoms with Gasteiger partial charge in [-0.1, -0.05) is 54.6 Å². The quantitative estimate of drug-likeness (QED) is 0.0297. The zero-order valence-electron chi connectivity index (χ0n) is 66.5. The number of nitrogens with one attached hydrogen (secondary N) is 12. The third kappa shape index (κ3) is 20.0. The second kappa shape index (κ2) is 37.9. The highest BCUT2D eigenvalue weighted by Crippen LogP contribution is 2.35. The number of methoxy groups -OCH3 is 2. The molecule has 12 N–H and O–H groups in total. The van der Waals surface area contributed by atoms with Crippen LogP contribution < -0.4 is 35.5 Å². The van der Waals surface area contributed by atoms with Crippen molar-refractivity contribution in [2.24, 2.45) is 0 Å². The molecule has 3 aliphatic heterocycles. The predicted octanol–water partition coefficient (Wildman–Crippen LogP) is 12.4. The standard InChI is InChI=1S/C23H21F3N6O3.C23H23FN6O3.C23H24N6O3.C15H9F2N7O/c24-23(25,26)35-19-4-2-1-3-15(19)22(33)30-18-12-27-31-20(18)21-28-16-6-5-14(11-17(16)29-21)13-32-7-9-34-10-8-32;1-32-19-4-2-3-15(24)20(19)23(31)28-18-12-25-29-21(18)22-26-16-6-5-14(11-17(16)27-22)13-30-7-9-33-10-8-30;1-31-20-5-3-2-4-16(20)23(30)27-19-13-24-28-21(19)22-25-17-7-6-15(12-18(17)26-22)14-29-8-10-32-11-9-29;16-7-2-1-3-8(17)11(7)15(25)22-9-5-20-24-12(9)14-21-10-4-18-6-19-13(10)23-14/h1-6,11-12H,7-10,13H2,(H,27,31)(H,28,29)(H,30,33);2-6,11-12H,7-10,13H2,1H3,(H,25,29)(H,26,27)(H,28,31);2-7,12-13H,8-11,14H2,1H3,(H,24,28)(H,25,26)(H,27,30);1-6H,(H,20,24)(H,22,25)(H,18,19,21,23). The molecule has 19 rings (SSSR count). The normalized spacial score (nSPS) is 13.9. The number of anilines is 4. The number of rotatable bonds is 21. The Morgan fingerprint density at radius 2 is 0.760 bits per heavy atom. The third-order valence-corrected chi connectivity index (χ3v) is 20.1. The van der Waals surface area contributed by atoms with Crippen LogP contribution >= 0.6 is 0 Å². The molecule has 9 aromatic heterocycles.